The molecule has 1 atom stereocenters. The lowest BCUT2D eigenvalue weighted by atomic mass is 9.95. The maximum Gasteiger partial charge on any atom is 0.407 e. The molecule has 6 heterocycles. The number of amides is 1. The minimum absolute atomic E-state index is 0.0216. The molecule has 3 aliphatic rings. The summed E-state index contributed by atoms with van der Waals surface area (Å²) < 4.78 is 27.8. The lowest BCUT2D eigenvalue weighted by molar-refractivity contribution is 0.108. The fourth-order valence-corrected chi connectivity index (χ4v) is 7.28. The lowest BCUT2D eigenvalue weighted by Crippen LogP contribution is -2.44. The van der Waals surface area contributed by atoms with Gasteiger partial charge in [-0.25, -0.2) is 9.18 Å². The Morgan fingerprint density at radius 2 is 1.98 bits per heavy atom. The summed E-state index contributed by atoms with van der Waals surface area (Å²) in [5, 5.41) is 11.5. The van der Waals surface area contributed by atoms with Gasteiger partial charge in [-0.05, 0) is 70.2 Å². The van der Waals surface area contributed by atoms with Crippen molar-refractivity contribution in [2.45, 2.75) is 56.5 Å². The number of halogens is 2. The van der Waals surface area contributed by atoms with E-state index in [1.807, 2.05) is 0 Å². The molecule has 0 spiro atoms. The van der Waals surface area contributed by atoms with Gasteiger partial charge in [-0.2, -0.15) is 15.1 Å². The number of carbonyl (C=O) groups excluding carboxylic acids is 1. The third-order valence-corrected chi connectivity index (χ3v) is 9.40. The first-order valence-electron chi connectivity index (χ1n) is 14.9. The van der Waals surface area contributed by atoms with Gasteiger partial charge in [-0.15, -0.1) is 0 Å². The van der Waals surface area contributed by atoms with Gasteiger partial charge in [-0.3, -0.25) is 15.0 Å². The number of carbonyl (C=O) groups is 1. The molecule has 1 amide bonds. The molecule has 226 valence electrons. The Labute approximate surface area is 253 Å². The zero-order valence-electron chi connectivity index (χ0n) is 24.0. The van der Waals surface area contributed by atoms with E-state index in [1.165, 1.54) is 7.11 Å². The van der Waals surface area contributed by atoms with Crippen LogP contribution in [0.3, 0.4) is 0 Å². The monoisotopic (exact) mass is 608 g/mol. The summed E-state index contributed by atoms with van der Waals surface area (Å²) in [4.78, 5) is 30.7. The second kappa shape index (κ2) is 11.4. The summed E-state index contributed by atoms with van der Waals surface area (Å²) in [6, 6.07) is 3.40. The first kappa shape index (κ1) is 28.0. The SMILES string of the molecule is COC(=O)NC1CCCCN(c2nc(OCC34CCCN3CCC4)nc3c(F)c(-c4cc(Cl)cc5[nH]ncc45)ncc23)C1. The van der Waals surface area contributed by atoms with Gasteiger partial charge in [-0.1, -0.05) is 11.6 Å². The molecule has 11 nitrogen and oxygen atoms in total. The van der Waals surface area contributed by atoms with E-state index in [4.69, 9.17) is 26.1 Å². The number of ether oxygens (including phenoxy) is 2. The van der Waals surface area contributed by atoms with E-state index in [1.54, 1.807) is 24.5 Å². The molecule has 7 rings (SSSR count). The van der Waals surface area contributed by atoms with Crippen molar-refractivity contribution >= 4 is 45.3 Å². The predicted molar refractivity (Wildman–Crippen MR) is 161 cm³/mol. The highest BCUT2D eigenvalue weighted by atomic mass is 35.5. The smallest absolute Gasteiger partial charge is 0.407 e. The van der Waals surface area contributed by atoms with Gasteiger partial charge in [0.15, 0.2) is 5.82 Å². The van der Waals surface area contributed by atoms with Gasteiger partial charge < -0.3 is 19.7 Å². The van der Waals surface area contributed by atoms with E-state index in [9.17, 15) is 4.79 Å². The Morgan fingerprint density at radius 3 is 2.79 bits per heavy atom. The number of rotatable bonds is 6. The summed E-state index contributed by atoms with van der Waals surface area (Å²) >= 11 is 6.38. The third kappa shape index (κ3) is 5.20. The van der Waals surface area contributed by atoms with Crippen LogP contribution in [0.1, 0.15) is 44.9 Å². The molecule has 0 bridgehead atoms. The van der Waals surface area contributed by atoms with E-state index in [-0.39, 0.29) is 28.8 Å². The van der Waals surface area contributed by atoms with Crippen LogP contribution in [0.2, 0.25) is 5.02 Å². The average Bonchev–Trinajstić information content (AvgIpc) is 3.69. The minimum atomic E-state index is -0.587. The summed E-state index contributed by atoms with van der Waals surface area (Å²) in [5.41, 5.74) is 1.42. The van der Waals surface area contributed by atoms with Crippen molar-refractivity contribution in [3.8, 4) is 17.3 Å². The number of nitrogens with zero attached hydrogens (tertiary/aromatic N) is 6. The average molecular weight is 609 g/mol. The molecule has 3 aliphatic heterocycles. The molecule has 0 saturated carbocycles. The predicted octanol–water partition coefficient (Wildman–Crippen LogP) is 5.08. The van der Waals surface area contributed by atoms with Gasteiger partial charge in [0.25, 0.3) is 0 Å². The van der Waals surface area contributed by atoms with Gasteiger partial charge >= 0.3 is 12.1 Å². The third-order valence-electron chi connectivity index (χ3n) is 9.18. The Kier molecular flexibility index (Phi) is 7.42. The Bertz CT molecular complexity index is 1670. The van der Waals surface area contributed by atoms with Crippen LogP contribution in [0, 0.1) is 5.82 Å². The fourth-order valence-electron chi connectivity index (χ4n) is 7.06. The lowest BCUT2D eigenvalue weighted by Gasteiger charge is -2.31. The highest BCUT2D eigenvalue weighted by Gasteiger charge is 2.45. The van der Waals surface area contributed by atoms with Crippen LogP contribution in [0.15, 0.2) is 24.5 Å². The number of nitrogens with one attached hydrogen (secondary N) is 2. The van der Waals surface area contributed by atoms with Gasteiger partial charge in [0, 0.05) is 41.3 Å². The quantitative estimate of drug-likeness (QED) is 0.308. The summed E-state index contributed by atoms with van der Waals surface area (Å²) in [7, 11) is 1.35. The molecule has 1 unspecified atom stereocenters. The largest absolute Gasteiger partial charge is 0.461 e. The number of benzene rings is 1. The van der Waals surface area contributed by atoms with Crippen molar-refractivity contribution in [2.75, 3.05) is 44.8 Å². The topological polar surface area (TPSA) is 121 Å². The van der Waals surface area contributed by atoms with Crippen molar-refractivity contribution in [3.05, 3.63) is 35.4 Å². The molecule has 13 heteroatoms. The molecule has 0 radical (unpaired) electrons. The summed E-state index contributed by atoms with van der Waals surface area (Å²) in [6.07, 6.45) is 9.77. The fraction of sp³-hybridized carbons (Fsp3) is 0.500. The highest BCUT2D eigenvalue weighted by Crippen LogP contribution is 2.40. The first-order chi connectivity index (χ1) is 20.9. The van der Waals surface area contributed by atoms with Crippen molar-refractivity contribution in [2.24, 2.45) is 0 Å². The number of methoxy groups -OCH3 is 1. The number of H-pyrrole nitrogens is 1. The van der Waals surface area contributed by atoms with E-state index >= 15 is 4.39 Å². The number of aromatic nitrogens is 5. The maximum atomic E-state index is 16.6. The number of anilines is 1. The normalized spacial score (nSPS) is 20.3. The maximum absolute atomic E-state index is 16.6. The molecule has 43 heavy (non-hydrogen) atoms. The zero-order chi connectivity index (χ0) is 29.6. The van der Waals surface area contributed by atoms with Crippen molar-refractivity contribution < 1.29 is 18.7 Å². The number of hydrogen-bond acceptors (Lipinski definition) is 9. The minimum Gasteiger partial charge on any atom is -0.461 e. The number of alkyl carbamates (subject to hydrolysis) is 1. The molecule has 2 N–H and O–H groups in total. The molecule has 1 aromatic carbocycles. The van der Waals surface area contributed by atoms with Crippen LogP contribution in [0.5, 0.6) is 6.01 Å². The number of pyridine rings is 1. The molecule has 0 aliphatic carbocycles. The van der Waals surface area contributed by atoms with Crippen LogP contribution < -0.4 is 15.0 Å². The standard InChI is InChI=1S/C30H34ClFN8O3/c1-42-29(41)35-19-6-2-3-9-39(16-19)27-22-14-33-25(20-12-18(31)13-23-21(20)15-34-38-23)24(32)26(22)36-28(37-27)43-17-30-7-4-10-40(30)11-5-8-30/h12-15,19H,2-11,16-17H2,1H3,(H,34,38)(H,35,41). The van der Waals surface area contributed by atoms with Gasteiger partial charge in [0.1, 0.15) is 23.6 Å². The van der Waals surface area contributed by atoms with Crippen LogP contribution in [0.25, 0.3) is 33.1 Å². The number of hydrogen-bond donors (Lipinski definition) is 2. The highest BCUT2D eigenvalue weighted by molar-refractivity contribution is 6.31. The van der Waals surface area contributed by atoms with E-state index in [0.717, 1.165) is 58.0 Å². The number of fused-ring (bicyclic) bond motifs is 3. The zero-order valence-corrected chi connectivity index (χ0v) is 24.8. The van der Waals surface area contributed by atoms with Crippen LogP contribution in [0.4, 0.5) is 15.0 Å². The number of aromatic amines is 1. The van der Waals surface area contributed by atoms with E-state index in [2.05, 4.69) is 35.3 Å². The van der Waals surface area contributed by atoms with Gasteiger partial charge in [0.2, 0.25) is 0 Å². The Balaban J connectivity index is 1.32. The second-order valence-corrected chi connectivity index (χ2v) is 12.2. The van der Waals surface area contributed by atoms with Gasteiger partial charge in [0.05, 0.1) is 29.7 Å². The van der Waals surface area contributed by atoms with E-state index < -0.39 is 11.9 Å². The van der Waals surface area contributed by atoms with Crippen molar-refractivity contribution in [3.63, 3.8) is 0 Å². The molecule has 3 fully saturated rings. The molecule has 3 aromatic heterocycles. The molecule has 3 saturated heterocycles. The van der Waals surface area contributed by atoms with Crippen LogP contribution in [-0.4, -0.2) is 87.6 Å². The Hall–Kier alpha value is -3.77. The first-order valence-corrected chi connectivity index (χ1v) is 15.3. The van der Waals surface area contributed by atoms with E-state index in [0.29, 0.717) is 52.4 Å². The molecule has 4 aromatic rings. The van der Waals surface area contributed by atoms with Crippen molar-refractivity contribution in [1.82, 2.24) is 35.4 Å². The van der Waals surface area contributed by atoms with Crippen LogP contribution >= 0.6 is 11.6 Å². The summed E-state index contributed by atoms with van der Waals surface area (Å²) in [5.74, 6) is -0.0559. The second-order valence-electron chi connectivity index (χ2n) is 11.8. The molecular formula is C30H34ClFN8O3. The summed E-state index contributed by atoms with van der Waals surface area (Å²) in [6.45, 7) is 3.75. The van der Waals surface area contributed by atoms with Crippen molar-refractivity contribution in [1.29, 1.82) is 0 Å². The Morgan fingerprint density at radius 1 is 1.14 bits per heavy atom. The molecular weight excluding hydrogens is 575 g/mol. The van der Waals surface area contributed by atoms with Crippen LogP contribution in [-0.2, 0) is 4.74 Å².